The van der Waals surface area contributed by atoms with Crippen LogP contribution in [0.1, 0.15) is 96.8 Å². The molecule has 1 amide bonds. The Morgan fingerprint density at radius 2 is 1.05 bits per heavy atom. The number of carboxylic acid groups (broad SMARTS) is 1. The van der Waals surface area contributed by atoms with Crippen molar-refractivity contribution in [3.8, 4) is 0 Å². The zero-order valence-corrected chi connectivity index (χ0v) is 14.7. The summed E-state index contributed by atoms with van der Waals surface area (Å²) in [6.07, 6.45) is 17.8. The zero-order valence-electron chi connectivity index (χ0n) is 13.9. The van der Waals surface area contributed by atoms with E-state index in [9.17, 15) is 4.79 Å². The Hall–Kier alpha value is -0.440. The topological polar surface area (TPSA) is 49.3 Å². The summed E-state index contributed by atoms with van der Waals surface area (Å²) in [6.45, 7) is 2.87. The zero-order chi connectivity index (χ0) is 14.9. The van der Waals surface area contributed by atoms with Gasteiger partial charge in [0.05, 0.1) is 0 Å². The van der Waals surface area contributed by atoms with Crippen LogP contribution < -0.4 is 5.32 Å². The Balaban J connectivity index is 0. The van der Waals surface area contributed by atoms with Gasteiger partial charge in [0, 0.05) is 6.54 Å². The van der Waals surface area contributed by atoms with Gasteiger partial charge in [-0.1, -0.05) is 90.4 Å². The molecule has 0 bridgehead atoms. The Morgan fingerprint density at radius 3 is 1.38 bits per heavy atom. The van der Waals surface area contributed by atoms with Crippen LogP contribution in [0.3, 0.4) is 0 Å². The second kappa shape index (κ2) is 19.6. The van der Waals surface area contributed by atoms with Crippen molar-refractivity contribution in [2.45, 2.75) is 96.8 Å². The number of carbonyl (C=O) groups is 1. The molecule has 0 rings (SSSR count). The molecule has 21 heavy (non-hydrogen) atoms. The van der Waals surface area contributed by atoms with E-state index in [1.165, 1.54) is 77.0 Å². The molecule has 0 fully saturated rings. The lowest BCUT2D eigenvalue weighted by Gasteiger charge is -2.03. The molecule has 0 radical (unpaired) electrons. The predicted molar refractivity (Wildman–Crippen MR) is 93.6 cm³/mol. The maximum absolute atomic E-state index is 10.2. The second-order valence-electron chi connectivity index (χ2n) is 5.83. The fourth-order valence-electron chi connectivity index (χ4n) is 2.51. The van der Waals surface area contributed by atoms with Crippen LogP contribution in [-0.2, 0) is 0 Å². The van der Waals surface area contributed by atoms with Crippen LogP contribution in [0, 0.1) is 0 Å². The van der Waals surface area contributed by atoms with Gasteiger partial charge in [-0.05, 0) is 6.42 Å². The average molecular weight is 322 g/mol. The first-order chi connectivity index (χ1) is 9.77. The van der Waals surface area contributed by atoms with Gasteiger partial charge in [0.2, 0.25) is 0 Å². The number of halogens is 1. The van der Waals surface area contributed by atoms with E-state index in [0.717, 1.165) is 12.8 Å². The molecule has 3 nitrogen and oxygen atoms in total. The van der Waals surface area contributed by atoms with Crippen LogP contribution in [0.4, 0.5) is 4.79 Å². The third-order valence-corrected chi connectivity index (χ3v) is 3.81. The minimum Gasteiger partial charge on any atom is -0.465 e. The van der Waals surface area contributed by atoms with Crippen LogP contribution in [0.2, 0.25) is 0 Å². The molecule has 0 aromatic heterocycles. The van der Waals surface area contributed by atoms with Crippen molar-refractivity contribution in [2.75, 3.05) is 6.54 Å². The molecule has 0 spiro atoms. The average Bonchev–Trinajstić information content (AvgIpc) is 2.43. The van der Waals surface area contributed by atoms with Crippen molar-refractivity contribution in [2.24, 2.45) is 0 Å². The Morgan fingerprint density at radius 1 is 0.714 bits per heavy atom. The van der Waals surface area contributed by atoms with Gasteiger partial charge in [-0.15, -0.1) is 12.4 Å². The molecule has 0 saturated carbocycles. The fourth-order valence-corrected chi connectivity index (χ4v) is 2.51. The highest BCUT2D eigenvalue weighted by atomic mass is 35.5. The van der Waals surface area contributed by atoms with Crippen molar-refractivity contribution < 1.29 is 9.90 Å². The van der Waals surface area contributed by atoms with Gasteiger partial charge in [-0.3, -0.25) is 0 Å². The number of unbranched alkanes of at least 4 members (excludes halogenated alkanes) is 13. The van der Waals surface area contributed by atoms with Crippen LogP contribution in [0.15, 0.2) is 0 Å². The smallest absolute Gasteiger partial charge is 0.404 e. The summed E-state index contributed by atoms with van der Waals surface area (Å²) >= 11 is 0. The second-order valence-corrected chi connectivity index (χ2v) is 5.83. The Labute approximate surface area is 137 Å². The van der Waals surface area contributed by atoms with Gasteiger partial charge in [-0.2, -0.15) is 0 Å². The van der Waals surface area contributed by atoms with Crippen LogP contribution in [0.5, 0.6) is 0 Å². The molecule has 4 heteroatoms. The number of hydrogen-bond donors (Lipinski definition) is 2. The lowest BCUT2D eigenvalue weighted by molar-refractivity contribution is 0.194. The third-order valence-electron chi connectivity index (χ3n) is 3.81. The van der Waals surface area contributed by atoms with E-state index in [2.05, 4.69) is 12.2 Å². The maximum Gasteiger partial charge on any atom is 0.404 e. The van der Waals surface area contributed by atoms with Crippen molar-refractivity contribution in [1.82, 2.24) is 5.32 Å². The molecule has 0 aromatic carbocycles. The molecule has 0 aliphatic rings. The number of nitrogens with one attached hydrogen (secondary N) is 1. The van der Waals surface area contributed by atoms with Crippen LogP contribution >= 0.6 is 12.4 Å². The summed E-state index contributed by atoms with van der Waals surface area (Å²) in [6, 6.07) is 0. The van der Waals surface area contributed by atoms with Gasteiger partial charge in [0.15, 0.2) is 0 Å². The maximum atomic E-state index is 10.2. The Kier molecular flexibility index (Phi) is 21.3. The van der Waals surface area contributed by atoms with E-state index in [0.29, 0.717) is 6.54 Å². The predicted octanol–water partition coefficient (Wildman–Crippen LogP) is 6.16. The van der Waals surface area contributed by atoms with Crippen molar-refractivity contribution in [3.63, 3.8) is 0 Å². The fraction of sp³-hybridized carbons (Fsp3) is 0.941. The molecule has 0 heterocycles. The SMILES string of the molecule is CCCCCCCCCCCCCCCCNC(=O)O.Cl. The summed E-state index contributed by atoms with van der Waals surface area (Å²) < 4.78 is 0. The van der Waals surface area contributed by atoms with E-state index in [-0.39, 0.29) is 12.4 Å². The molecular formula is C17H36ClNO2. The first kappa shape index (κ1) is 22.8. The van der Waals surface area contributed by atoms with E-state index in [1.807, 2.05) is 0 Å². The van der Waals surface area contributed by atoms with Gasteiger partial charge in [-0.25, -0.2) is 4.79 Å². The molecule has 0 aromatic rings. The standard InChI is InChI=1S/C17H35NO2.ClH/c1-2-3-4-5-6-7-8-9-10-11-12-13-14-15-16-18-17(19)20;/h18H,2-16H2,1H3,(H,19,20);1H. The van der Waals surface area contributed by atoms with E-state index < -0.39 is 6.09 Å². The first-order valence-electron chi connectivity index (χ1n) is 8.74. The summed E-state index contributed by atoms with van der Waals surface area (Å²) in [4.78, 5) is 10.2. The van der Waals surface area contributed by atoms with Crippen molar-refractivity contribution in [3.05, 3.63) is 0 Å². The molecule has 0 aliphatic heterocycles. The summed E-state index contributed by atoms with van der Waals surface area (Å²) in [7, 11) is 0. The number of amides is 1. The van der Waals surface area contributed by atoms with E-state index in [4.69, 9.17) is 5.11 Å². The van der Waals surface area contributed by atoms with Gasteiger partial charge in [0.25, 0.3) is 0 Å². The molecule has 0 unspecified atom stereocenters. The summed E-state index contributed by atoms with van der Waals surface area (Å²) in [5.74, 6) is 0. The van der Waals surface area contributed by atoms with Gasteiger partial charge >= 0.3 is 6.09 Å². The third kappa shape index (κ3) is 22.0. The van der Waals surface area contributed by atoms with Gasteiger partial charge < -0.3 is 10.4 Å². The minimum atomic E-state index is -0.903. The molecular weight excluding hydrogens is 286 g/mol. The van der Waals surface area contributed by atoms with E-state index in [1.54, 1.807) is 0 Å². The lowest BCUT2D eigenvalue weighted by Crippen LogP contribution is -2.21. The molecule has 0 saturated heterocycles. The summed E-state index contributed by atoms with van der Waals surface area (Å²) in [5.41, 5.74) is 0. The largest absolute Gasteiger partial charge is 0.465 e. The Bertz CT molecular complexity index is 213. The quantitative estimate of drug-likeness (QED) is 0.355. The van der Waals surface area contributed by atoms with Crippen LogP contribution in [0.25, 0.3) is 0 Å². The highest BCUT2D eigenvalue weighted by molar-refractivity contribution is 5.85. The highest BCUT2D eigenvalue weighted by Gasteiger charge is 1.95. The lowest BCUT2D eigenvalue weighted by atomic mass is 10.0. The monoisotopic (exact) mass is 321 g/mol. The molecule has 0 aliphatic carbocycles. The minimum absolute atomic E-state index is 0. The van der Waals surface area contributed by atoms with Crippen LogP contribution in [-0.4, -0.2) is 17.7 Å². The van der Waals surface area contributed by atoms with E-state index >= 15 is 0 Å². The van der Waals surface area contributed by atoms with Crippen molar-refractivity contribution >= 4 is 18.5 Å². The van der Waals surface area contributed by atoms with Gasteiger partial charge in [0.1, 0.15) is 0 Å². The number of hydrogen-bond acceptors (Lipinski definition) is 1. The normalized spacial score (nSPS) is 10.1. The molecule has 128 valence electrons. The highest BCUT2D eigenvalue weighted by Crippen LogP contribution is 2.12. The van der Waals surface area contributed by atoms with Crippen molar-refractivity contribution in [1.29, 1.82) is 0 Å². The molecule has 0 atom stereocenters. The summed E-state index contributed by atoms with van der Waals surface area (Å²) in [5, 5.41) is 10.8. The first-order valence-corrected chi connectivity index (χ1v) is 8.74. The number of rotatable bonds is 15. The molecule has 2 N–H and O–H groups in total.